The van der Waals surface area contributed by atoms with Crippen LogP contribution < -0.4 is 5.32 Å². The molecule has 1 amide bonds. The minimum Gasteiger partial charge on any atom is -0.307 e. The second-order valence-corrected chi connectivity index (χ2v) is 9.00. The van der Waals surface area contributed by atoms with Crippen molar-refractivity contribution in [3.05, 3.63) is 108 Å². The van der Waals surface area contributed by atoms with Gasteiger partial charge in [0, 0.05) is 27.6 Å². The largest absolute Gasteiger partial charge is 0.417 e. The first-order chi connectivity index (χ1) is 17.9. The highest BCUT2D eigenvalue weighted by Crippen LogP contribution is 2.33. The van der Waals surface area contributed by atoms with E-state index < -0.39 is 17.6 Å². The summed E-state index contributed by atoms with van der Waals surface area (Å²) in [5, 5.41) is 10.9. The number of aromatic amines is 1. The Balaban J connectivity index is 1.33. The molecular weight excluding hydrogens is 499 g/mol. The minimum atomic E-state index is -4.50. The molecule has 184 valence electrons. The molecule has 0 aliphatic heterocycles. The molecule has 0 atom stereocenters. The van der Waals surface area contributed by atoms with Crippen LogP contribution in [0.2, 0.25) is 0 Å². The van der Waals surface area contributed by atoms with Crippen molar-refractivity contribution in [2.75, 3.05) is 5.32 Å². The fourth-order valence-electron chi connectivity index (χ4n) is 3.54. The number of pyridine rings is 2. The Morgan fingerprint density at radius 3 is 2.54 bits per heavy atom. The molecule has 0 aliphatic rings. The Morgan fingerprint density at radius 2 is 1.78 bits per heavy atom. The maximum absolute atomic E-state index is 12.9. The van der Waals surface area contributed by atoms with Crippen LogP contribution in [0.25, 0.3) is 23.1 Å². The molecule has 10 heteroatoms. The number of hydrogen-bond acceptors (Lipinski definition) is 5. The Bertz CT molecular complexity index is 1580. The number of anilines is 1. The van der Waals surface area contributed by atoms with Crippen molar-refractivity contribution in [3.63, 3.8) is 0 Å². The average molecular weight is 518 g/mol. The van der Waals surface area contributed by atoms with Gasteiger partial charge in [-0.05, 0) is 66.7 Å². The van der Waals surface area contributed by atoms with Crippen LogP contribution in [0.15, 0.2) is 95.0 Å². The van der Waals surface area contributed by atoms with Crippen molar-refractivity contribution in [1.29, 1.82) is 0 Å². The molecule has 3 aromatic heterocycles. The number of nitrogens with zero attached hydrogens (tertiary/aromatic N) is 3. The standard InChI is InChI=1S/C27H18F3N5OS/c28-27(29,30)17-8-13-25(32-16-17)33-26(36)21-6-1-2-7-24(21)37-19-10-11-20-22(34-35-23(20)15-19)12-9-18-5-3-4-14-31-18/h1-16H,(H,34,35)(H,32,33,36)/b12-9+. The monoisotopic (exact) mass is 517 g/mol. The lowest BCUT2D eigenvalue weighted by Crippen LogP contribution is -2.14. The van der Waals surface area contributed by atoms with Crippen molar-refractivity contribution in [3.8, 4) is 0 Å². The normalized spacial score (nSPS) is 11.8. The zero-order valence-electron chi connectivity index (χ0n) is 19.0. The molecule has 0 radical (unpaired) electrons. The van der Waals surface area contributed by atoms with Crippen molar-refractivity contribution in [2.45, 2.75) is 16.0 Å². The predicted molar refractivity (Wildman–Crippen MR) is 137 cm³/mol. The Kier molecular flexibility index (Phi) is 6.74. The quantitative estimate of drug-likeness (QED) is 0.255. The summed E-state index contributed by atoms with van der Waals surface area (Å²) in [4.78, 5) is 22.4. The Labute approximate surface area is 213 Å². The number of hydrogen-bond donors (Lipinski definition) is 2. The van der Waals surface area contributed by atoms with Crippen LogP contribution in [0, 0.1) is 0 Å². The van der Waals surface area contributed by atoms with E-state index >= 15 is 0 Å². The Hall–Kier alpha value is -4.44. The van der Waals surface area contributed by atoms with E-state index in [2.05, 4.69) is 25.5 Å². The third-order valence-electron chi connectivity index (χ3n) is 5.36. The highest BCUT2D eigenvalue weighted by molar-refractivity contribution is 7.99. The summed E-state index contributed by atoms with van der Waals surface area (Å²) in [6, 6.07) is 20.5. The van der Waals surface area contributed by atoms with E-state index in [0.29, 0.717) is 16.7 Å². The lowest BCUT2D eigenvalue weighted by atomic mass is 10.2. The third-order valence-corrected chi connectivity index (χ3v) is 6.42. The van der Waals surface area contributed by atoms with E-state index in [0.717, 1.165) is 39.3 Å². The molecule has 2 aromatic carbocycles. The number of H-pyrrole nitrogens is 1. The van der Waals surface area contributed by atoms with Gasteiger partial charge in [-0.15, -0.1) is 0 Å². The molecule has 5 rings (SSSR count). The first kappa shape index (κ1) is 24.3. The van der Waals surface area contributed by atoms with Gasteiger partial charge in [0.05, 0.1) is 28.0 Å². The first-order valence-electron chi connectivity index (χ1n) is 11.1. The van der Waals surface area contributed by atoms with E-state index in [-0.39, 0.29) is 5.82 Å². The minimum absolute atomic E-state index is 0.0305. The molecule has 3 heterocycles. The van der Waals surface area contributed by atoms with Crippen molar-refractivity contribution in [2.24, 2.45) is 0 Å². The van der Waals surface area contributed by atoms with Gasteiger partial charge >= 0.3 is 6.18 Å². The van der Waals surface area contributed by atoms with Gasteiger partial charge in [0.1, 0.15) is 5.82 Å². The van der Waals surface area contributed by atoms with Crippen LogP contribution in [-0.4, -0.2) is 26.1 Å². The zero-order chi connectivity index (χ0) is 25.8. The molecule has 5 aromatic rings. The van der Waals surface area contributed by atoms with E-state index in [1.54, 1.807) is 24.4 Å². The molecule has 37 heavy (non-hydrogen) atoms. The topological polar surface area (TPSA) is 83.6 Å². The number of rotatable bonds is 6. The second kappa shape index (κ2) is 10.3. The molecular formula is C27H18F3N5OS. The van der Waals surface area contributed by atoms with Crippen LogP contribution in [-0.2, 0) is 6.18 Å². The van der Waals surface area contributed by atoms with Crippen LogP contribution in [0.3, 0.4) is 0 Å². The summed E-state index contributed by atoms with van der Waals surface area (Å²) in [7, 11) is 0. The van der Waals surface area contributed by atoms with Gasteiger partial charge in [0.25, 0.3) is 5.91 Å². The molecule has 0 spiro atoms. The van der Waals surface area contributed by atoms with Gasteiger partial charge in [-0.3, -0.25) is 14.9 Å². The van der Waals surface area contributed by atoms with Gasteiger partial charge < -0.3 is 5.32 Å². The third kappa shape index (κ3) is 5.70. The molecule has 6 nitrogen and oxygen atoms in total. The number of amides is 1. The van der Waals surface area contributed by atoms with Crippen LogP contribution in [0.5, 0.6) is 0 Å². The summed E-state index contributed by atoms with van der Waals surface area (Å²) < 4.78 is 38.3. The number of carbonyl (C=O) groups is 1. The number of alkyl halides is 3. The molecule has 0 saturated carbocycles. The molecule has 0 bridgehead atoms. The summed E-state index contributed by atoms with van der Waals surface area (Å²) in [5.74, 6) is -0.442. The lowest BCUT2D eigenvalue weighted by Gasteiger charge is -2.11. The average Bonchev–Trinajstić information content (AvgIpc) is 3.30. The van der Waals surface area contributed by atoms with Crippen molar-refractivity contribution < 1.29 is 18.0 Å². The van der Waals surface area contributed by atoms with Gasteiger partial charge in [0.15, 0.2) is 0 Å². The van der Waals surface area contributed by atoms with Crippen LogP contribution in [0.4, 0.5) is 19.0 Å². The molecule has 0 unspecified atom stereocenters. The predicted octanol–water partition coefficient (Wildman–Crippen LogP) is 6.95. The number of carbonyl (C=O) groups excluding carboxylic acids is 1. The maximum Gasteiger partial charge on any atom is 0.417 e. The van der Waals surface area contributed by atoms with E-state index in [4.69, 9.17) is 0 Å². The number of aromatic nitrogens is 4. The molecule has 0 aliphatic carbocycles. The Morgan fingerprint density at radius 1 is 0.946 bits per heavy atom. The first-order valence-corrected chi connectivity index (χ1v) is 11.9. The summed E-state index contributed by atoms with van der Waals surface area (Å²) in [6.45, 7) is 0. The highest BCUT2D eigenvalue weighted by atomic mass is 32.2. The fourth-order valence-corrected chi connectivity index (χ4v) is 4.52. The van der Waals surface area contributed by atoms with Crippen molar-refractivity contribution >= 4 is 46.5 Å². The van der Waals surface area contributed by atoms with Gasteiger partial charge in [0.2, 0.25) is 0 Å². The molecule has 0 fully saturated rings. The fraction of sp³-hybridized carbons (Fsp3) is 0.0370. The number of fused-ring (bicyclic) bond motifs is 1. The van der Waals surface area contributed by atoms with Gasteiger partial charge in [-0.2, -0.15) is 18.3 Å². The van der Waals surface area contributed by atoms with E-state index in [9.17, 15) is 18.0 Å². The number of benzene rings is 2. The summed E-state index contributed by atoms with van der Waals surface area (Å²) >= 11 is 1.39. The number of halogens is 3. The lowest BCUT2D eigenvalue weighted by molar-refractivity contribution is -0.137. The highest BCUT2D eigenvalue weighted by Gasteiger charge is 2.30. The second-order valence-electron chi connectivity index (χ2n) is 7.89. The van der Waals surface area contributed by atoms with Crippen molar-refractivity contribution in [1.82, 2.24) is 20.2 Å². The smallest absolute Gasteiger partial charge is 0.307 e. The van der Waals surface area contributed by atoms with E-state index in [1.165, 1.54) is 11.8 Å². The molecule has 0 saturated heterocycles. The molecule has 2 N–H and O–H groups in total. The SMILES string of the molecule is O=C(Nc1ccc(C(F)(F)F)cn1)c1ccccc1Sc1ccc2c(/C=C/c3ccccn3)n[nH]c2c1. The maximum atomic E-state index is 12.9. The van der Waals surface area contributed by atoms with Gasteiger partial charge in [-0.1, -0.05) is 30.0 Å². The summed E-state index contributed by atoms with van der Waals surface area (Å²) in [5.41, 5.74) is 1.93. The van der Waals surface area contributed by atoms with Crippen LogP contribution in [0.1, 0.15) is 27.3 Å². The van der Waals surface area contributed by atoms with Crippen LogP contribution >= 0.6 is 11.8 Å². The number of nitrogens with one attached hydrogen (secondary N) is 2. The van der Waals surface area contributed by atoms with Gasteiger partial charge in [-0.25, -0.2) is 4.98 Å². The zero-order valence-corrected chi connectivity index (χ0v) is 19.8. The van der Waals surface area contributed by atoms with E-state index in [1.807, 2.05) is 54.6 Å². The summed E-state index contributed by atoms with van der Waals surface area (Å²) in [6.07, 6.45) is 1.70.